The van der Waals surface area contributed by atoms with Crippen LogP contribution in [0.5, 0.6) is 0 Å². The zero-order valence-electron chi connectivity index (χ0n) is 13.1. The maximum absolute atomic E-state index is 11.7. The van der Waals surface area contributed by atoms with Gasteiger partial charge in [0.25, 0.3) is 11.6 Å². The van der Waals surface area contributed by atoms with E-state index in [1.165, 1.54) is 30.0 Å². The van der Waals surface area contributed by atoms with Crippen LogP contribution in [0.3, 0.4) is 0 Å². The van der Waals surface area contributed by atoms with Crippen molar-refractivity contribution in [2.75, 3.05) is 11.9 Å². The number of amides is 1. The molecular formula is C17H17N3O4. The van der Waals surface area contributed by atoms with E-state index in [2.05, 4.69) is 17.4 Å². The molecule has 7 nitrogen and oxygen atoms in total. The Hall–Kier alpha value is -3.22. The summed E-state index contributed by atoms with van der Waals surface area (Å²) < 4.78 is 0. The predicted octanol–water partition coefficient (Wildman–Crippen LogP) is 3.15. The van der Waals surface area contributed by atoms with E-state index in [-0.39, 0.29) is 12.3 Å². The van der Waals surface area contributed by atoms with Gasteiger partial charge in [-0.15, -0.1) is 0 Å². The van der Waals surface area contributed by atoms with E-state index in [9.17, 15) is 14.9 Å². The summed E-state index contributed by atoms with van der Waals surface area (Å²) in [6, 6.07) is 13.5. The van der Waals surface area contributed by atoms with Gasteiger partial charge in [0.15, 0.2) is 6.61 Å². The van der Waals surface area contributed by atoms with E-state index in [0.29, 0.717) is 5.69 Å². The topological polar surface area (TPSA) is 93.8 Å². The number of nitrogens with one attached hydrogen (secondary N) is 1. The Morgan fingerprint density at radius 3 is 2.71 bits per heavy atom. The average Bonchev–Trinajstić information content (AvgIpc) is 2.59. The van der Waals surface area contributed by atoms with Crippen molar-refractivity contribution in [3.8, 4) is 0 Å². The fourth-order valence-corrected chi connectivity index (χ4v) is 1.93. The molecule has 1 N–H and O–H groups in total. The molecular weight excluding hydrogens is 310 g/mol. The van der Waals surface area contributed by atoms with E-state index in [1.807, 2.05) is 24.3 Å². The monoisotopic (exact) mass is 327 g/mol. The summed E-state index contributed by atoms with van der Waals surface area (Å²) in [4.78, 5) is 26.8. The van der Waals surface area contributed by atoms with Crippen molar-refractivity contribution in [3.05, 3.63) is 69.8 Å². The first-order chi connectivity index (χ1) is 11.6. The summed E-state index contributed by atoms with van der Waals surface area (Å²) in [6.07, 6.45) is 2.48. The van der Waals surface area contributed by atoms with Gasteiger partial charge in [0.1, 0.15) is 0 Å². The minimum absolute atomic E-state index is 0.0951. The normalized spacial score (nSPS) is 10.5. The van der Waals surface area contributed by atoms with Crippen LogP contribution in [0, 0.1) is 10.1 Å². The zero-order valence-corrected chi connectivity index (χ0v) is 13.1. The number of anilines is 1. The number of nitro groups is 1. The molecule has 0 bridgehead atoms. The number of hydrogen-bond donors (Lipinski definition) is 1. The van der Waals surface area contributed by atoms with Crippen molar-refractivity contribution >= 4 is 23.5 Å². The molecule has 2 aromatic rings. The number of rotatable bonds is 7. The van der Waals surface area contributed by atoms with Crippen LogP contribution in [-0.4, -0.2) is 23.7 Å². The van der Waals surface area contributed by atoms with Crippen molar-refractivity contribution in [2.45, 2.75) is 13.3 Å². The van der Waals surface area contributed by atoms with E-state index in [1.54, 1.807) is 6.07 Å². The molecule has 0 atom stereocenters. The van der Waals surface area contributed by atoms with E-state index in [4.69, 9.17) is 4.84 Å². The quantitative estimate of drug-likeness (QED) is 0.480. The number of oxime groups is 1. The second kappa shape index (κ2) is 8.42. The molecule has 0 spiro atoms. The first-order valence-corrected chi connectivity index (χ1v) is 7.37. The van der Waals surface area contributed by atoms with E-state index >= 15 is 0 Å². The fraction of sp³-hybridized carbons (Fsp3) is 0.176. The molecule has 0 saturated heterocycles. The average molecular weight is 327 g/mol. The van der Waals surface area contributed by atoms with Gasteiger partial charge < -0.3 is 10.2 Å². The van der Waals surface area contributed by atoms with Crippen LogP contribution in [0.4, 0.5) is 11.4 Å². The number of aryl methyl sites for hydroxylation is 1. The summed E-state index contributed by atoms with van der Waals surface area (Å²) in [7, 11) is 0. The van der Waals surface area contributed by atoms with Gasteiger partial charge in [0, 0.05) is 17.8 Å². The number of hydrogen-bond acceptors (Lipinski definition) is 5. The summed E-state index contributed by atoms with van der Waals surface area (Å²) >= 11 is 0. The lowest BCUT2D eigenvalue weighted by Gasteiger charge is -2.04. The molecule has 0 unspecified atom stereocenters. The highest BCUT2D eigenvalue weighted by molar-refractivity contribution is 5.92. The second-order valence-corrected chi connectivity index (χ2v) is 4.96. The van der Waals surface area contributed by atoms with Gasteiger partial charge in [0.05, 0.1) is 11.1 Å². The van der Waals surface area contributed by atoms with Crippen molar-refractivity contribution < 1.29 is 14.6 Å². The molecule has 0 aromatic heterocycles. The van der Waals surface area contributed by atoms with Crippen molar-refractivity contribution in [1.82, 2.24) is 0 Å². The molecule has 2 rings (SSSR count). The molecule has 0 saturated carbocycles. The molecule has 124 valence electrons. The standard InChI is InChI=1S/C17H17N3O4/c1-2-13-6-8-14(9-7-13)11-18-24-12-17(21)19-15-4-3-5-16(10-15)20(22)23/h3-11H,2,12H2,1H3,(H,19,21)/b18-11-. The number of carbonyl (C=O) groups is 1. The third-order valence-corrected chi connectivity index (χ3v) is 3.20. The molecule has 0 aliphatic heterocycles. The van der Waals surface area contributed by atoms with Crippen LogP contribution in [-0.2, 0) is 16.1 Å². The summed E-state index contributed by atoms with van der Waals surface area (Å²) in [6.45, 7) is 1.79. The molecule has 2 aromatic carbocycles. The SMILES string of the molecule is CCc1ccc(/C=N\OCC(=O)Nc2cccc([N+](=O)[O-])c2)cc1. The van der Waals surface area contributed by atoms with Crippen LogP contribution >= 0.6 is 0 Å². The van der Waals surface area contributed by atoms with E-state index < -0.39 is 10.8 Å². The molecule has 0 aliphatic rings. The molecule has 0 radical (unpaired) electrons. The minimum atomic E-state index is -0.528. The van der Waals surface area contributed by atoms with Gasteiger partial charge in [-0.2, -0.15) is 0 Å². The first-order valence-electron chi connectivity index (χ1n) is 7.37. The zero-order chi connectivity index (χ0) is 17.4. The molecule has 0 fully saturated rings. The van der Waals surface area contributed by atoms with Gasteiger partial charge in [-0.25, -0.2) is 0 Å². The summed E-state index contributed by atoms with van der Waals surface area (Å²) in [5, 5.41) is 16.9. The second-order valence-electron chi connectivity index (χ2n) is 4.96. The number of non-ortho nitro benzene ring substituents is 1. The Morgan fingerprint density at radius 2 is 2.04 bits per heavy atom. The number of nitrogens with zero attached hydrogens (tertiary/aromatic N) is 2. The fourth-order valence-electron chi connectivity index (χ4n) is 1.93. The van der Waals surface area contributed by atoms with Crippen LogP contribution < -0.4 is 5.32 Å². The van der Waals surface area contributed by atoms with Crippen LogP contribution in [0.1, 0.15) is 18.1 Å². The summed E-state index contributed by atoms with van der Waals surface area (Å²) in [5.41, 5.74) is 2.33. The molecule has 0 aliphatic carbocycles. The van der Waals surface area contributed by atoms with Crippen LogP contribution in [0.25, 0.3) is 0 Å². The Balaban J connectivity index is 1.81. The highest BCUT2D eigenvalue weighted by Gasteiger charge is 2.08. The Kier molecular flexibility index (Phi) is 6.01. The Labute approximate surface area is 139 Å². The first kappa shape index (κ1) is 17.1. The minimum Gasteiger partial charge on any atom is -0.386 e. The lowest BCUT2D eigenvalue weighted by atomic mass is 10.1. The van der Waals surface area contributed by atoms with Crippen LogP contribution in [0.15, 0.2) is 53.7 Å². The Morgan fingerprint density at radius 1 is 1.29 bits per heavy atom. The van der Waals surface area contributed by atoms with Gasteiger partial charge in [-0.1, -0.05) is 42.4 Å². The number of carbonyl (C=O) groups excluding carboxylic acids is 1. The maximum Gasteiger partial charge on any atom is 0.271 e. The van der Waals surface area contributed by atoms with Crippen molar-refractivity contribution in [2.24, 2.45) is 5.16 Å². The molecule has 1 amide bonds. The number of nitro benzene ring substituents is 1. The predicted molar refractivity (Wildman–Crippen MR) is 91.1 cm³/mol. The Bertz CT molecular complexity index is 742. The third-order valence-electron chi connectivity index (χ3n) is 3.20. The largest absolute Gasteiger partial charge is 0.386 e. The molecule has 0 heterocycles. The lowest BCUT2D eigenvalue weighted by molar-refractivity contribution is -0.384. The smallest absolute Gasteiger partial charge is 0.271 e. The highest BCUT2D eigenvalue weighted by Crippen LogP contribution is 2.16. The summed E-state index contributed by atoms with van der Waals surface area (Å²) in [5.74, 6) is -0.450. The maximum atomic E-state index is 11.7. The van der Waals surface area contributed by atoms with E-state index in [0.717, 1.165) is 12.0 Å². The van der Waals surface area contributed by atoms with Gasteiger partial charge in [0.2, 0.25) is 0 Å². The van der Waals surface area contributed by atoms with Gasteiger partial charge >= 0.3 is 0 Å². The molecule has 24 heavy (non-hydrogen) atoms. The third kappa shape index (κ3) is 5.20. The van der Waals surface area contributed by atoms with Gasteiger partial charge in [-0.05, 0) is 23.6 Å². The van der Waals surface area contributed by atoms with Crippen molar-refractivity contribution in [1.29, 1.82) is 0 Å². The number of benzene rings is 2. The lowest BCUT2D eigenvalue weighted by Crippen LogP contribution is -2.17. The van der Waals surface area contributed by atoms with Gasteiger partial charge in [-0.3, -0.25) is 14.9 Å². The highest BCUT2D eigenvalue weighted by atomic mass is 16.6. The van der Waals surface area contributed by atoms with Crippen LogP contribution in [0.2, 0.25) is 0 Å². The van der Waals surface area contributed by atoms with Crippen molar-refractivity contribution in [3.63, 3.8) is 0 Å². The molecule has 7 heteroatoms.